The van der Waals surface area contributed by atoms with Crippen LogP contribution >= 0.6 is 0 Å². The number of rotatable bonds is 3. The Hall–Kier alpha value is -1.60. The molecular formula is C13H19N3O3S. The topological polar surface area (TPSA) is 92.5 Å². The van der Waals surface area contributed by atoms with Gasteiger partial charge in [0.05, 0.1) is 4.90 Å². The molecule has 2 rings (SSSR count). The van der Waals surface area contributed by atoms with Crippen LogP contribution in [0.3, 0.4) is 0 Å². The first-order chi connectivity index (χ1) is 9.36. The van der Waals surface area contributed by atoms with Gasteiger partial charge in [-0.3, -0.25) is 4.79 Å². The van der Waals surface area contributed by atoms with Gasteiger partial charge in [-0.1, -0.05) is 6.07 Å². The number of amides is 1. The number of likely N-dealkylation sites (tertiary alicyclic amines) is 1. The summed E-state index contributed by atoms with van der Waals surface area (Å²) in [5.41, 5.74) is 0.734. The fraction of sp³-hybridized carbons (Fsp3) is 0.462. The van der Waals surface area contributed by atoms with E-state index < -0.39 is 10.0 Å². The van der Waals surface area contributed by atoms with E-state index in [1.165, 1.54) is 12.1 Å². The maximum Gasteiger partial charge on any atom is 0.238 e. The number of nitrogens with zero attached hydrogens (tertiary/aromatic N) is 1. The molecule has 0 aliphatic carbocycles. The molecule has 1 aromatic carbocycles. The summed E-state index contributed by atoms with van der Waals surface area (Å²) in [5.74, 6) is 0.0969. The molecule has 0 saturated carbocycles. The zero-order valence-electron chi connectivity index (χ0n) is 11.4. The molecule has 1 aliphatic rings. The van der Waals surface area contributed by atoms with E-state index in [1.807, 2.05) is 11.0 Å². The van der Waals surface area contributed by atoms with Gasteiger partial charge in [-0.25, -0.2) is 13.6 Å². The molecule has 0 radical (unpaired) electrons. The van der Waals surface area contributed by atoms with E-state index in [0.717, 1.165) is 31.6 Å². The Kier molecular flexibility index (Phi) is 4.29. The normalized spacial score (nSPS) is 17.0. The summed E-state index contributed by atoms with van der Waals surface area (Å²) in [4.78, 5) is 13.2. The van der Waals surface area contributed by atoms with Gasteiger partial charge in [0.25, 0.3) is 0 Å². The summed E-state index contributed by atoms with van der Waals surface area (Å²) >= 11 is 0. The number of hydrogen-bond acceptors (Lipinski definition) is 4. The van der Waals surface area contributed by atoms with Crippen LogP contribution in [0, 0.1) is 0 Å². The predicted octanol–water partition coefficient (Wildman–Crippen LogP) is 0.757. The molecule has 3 N–H and O–H groups in total. The SMILES string of the molecule is CC(=O)N1CCC(Nc2cccc(S(N)(=O)=O)c2)CC1. The molecule has 0 atom stereocenters. The zero-order valence-corrected chi connectivity index (χ0v) is 12.2. The Morgan fingerprint density at radius 3 is 2.55 bits per heavy atom. The molecule has 1 aliphatic heterocycles. The van der Waals surface area contributed by atoms with Gasteiger partial charge in [-0.2, -0.15) is 0 Å². The molecule has 1 heterocycles. The number of carbonyl (C=O) groups is 1. The van der Waals surface area contributed by atoms with Crippen molar-refractivity contribution in [1.82, 2.24) is 4.90 Å². The fourth-order valence-corrected chi connectivity index (χ4v) is 2.90. The number of nitrogens with two attached hydrogens (primary N) is 1. The van der Waals surface area contributed by atoms with E-state index in [4.69, 9.17) is 5.14 Å². The standard InChI is InChI=1S/C13H19N3O3S/c1-10(17)16-7-5-11(6-8-16)15-12-3-2-4-13(9-12)20(14,18)19/h2-4,9,11,15H,5-8H2,1H3,(H2,14,18,19). The van der Waals surface area contributed by atoms with E-state index in [1.54, 1.807) is 13.0 Å². The van der Waals surface area contributed by atoms with Crippen molar-refractivity contribution in [1.29, 1.82) is 0 Å². The van der Waals surface area contributed by atoms with Crippen LogP contribution in [0.1, 0.15) is 19.8 Å². The fourth-order valence-electron chi connectivity index (χ4n) is 2.34. The van der Waals surface area contributed by atoms with E-state index in [2.05, 4.69) is 5.32 Å². The van der Waals surface area contributed by atoms with Gasteiger partial charge in [0.15, 0.2) is 0 Å². The van der Waals surface area contributed by atoms with Crippen LogP contribution in [0.25, 0.3) is 0 Å². The minimum atomic E-state index is -3.68. The number of anilines is 1. The molecule has 7 heteroatoms. The number of sulfonamides is 1. The van der Waals surface area contributed by atoms with Gasteiger partial charge < -0.3 is 10.2 Å². The predicted molar refractivity (Wildman–Crippen MR) is 76.7 cm³/mol. The van der Waals surface area contributed by atoms with Crippen LogP contribution in [0.5, 0.6) is 0 Å². The van der Waals surface area contributed by atoms with Gasteiger partial charge in [-0.05, 0) is 31.0 Å². The van der Waals surface area contributed by atoms with Crippen molar-refractivity contribution in [3.05, 3.63) is 24.3 Å². The number of nitrogens with one attached hydrogen (secondary N) is 1. The molecule has 1 aromatic rings. The summed E-state index contributed by atoms with van der Waals surface area (Å²) in [6.07, 6.45) is 1.69. The number of piperidine rings is 1. The van der Waals surface area contributed by atoms with Crippen LogP contribution < -0.4 is 10.5 Å². The van der Waals surface area contributed by atoms with Crippen molar-refractivity contribution in [2.45, 2.75) is 30.7 Å². The number of hydrogen-bond donors (Lipinski definition) is 2. The van der Waals surface area contributed by atoms with Gasteiger partial charge in [-0.15, -0.1) is 0 Å². The van der Waals surface area contributed by atoms with Gasteiger partial charge in [0.2, 0.25) is 15.9 Å². The summed E-state index contributed by atoms with van der Waals surface area (Å²) < 4.78 is 22.6. The lowest BCUT2D eigenvalue weighted by molar-refractivity contribution is -0.129. The van der Waals surface area contributed by atoms with Crippen molar-refractivity contribution >= 4 is 21.6 Å². The summed E-state index contributed by atoms with van der Waals surface area (Å²) in [6.45, 7) is 3.02. The largest absolute Gasteiger partial charge is 0.382 e. The first-order valence-corrected chi connectivity index (χ1v) is 8.06. The van der Waals surface area contributed by atoms with Crippen LogP contribution in [0.4, 0.5) is 5.69 Å². The second-order valence-electron chi connectivity index (χ2n) is 5.00. The average Bonchev–Trinajstić information content (AvgIpc) is 2.38. The van der Waals surface area contributed by atoms with Crippen LogP contribution in [0.15, 0.2) is 29.2 Å². The maximum atomic E-state index is 11.3. The first kappa shape index (κ1) is 14.8. The minimum Gasteiger partial charge on any atom is -0.382 e. The zero-order chi connectivity index (χ0) is 14.8. The highest BCUT2D eigenvalue weighted by Crippen LogP contribution is 2.19. The smallest absolute Gasteiger partial charge is 0.238 e. The quantitative estimate of drug-likeness (QED) is 0.861. The molecule has 1 saturated heterocycles. The van der Waals surface area contributed by atoms with Gasteiger partial charge in [0.1, 0.15) is 0 Å². The van der Waals surface area contributed by atoms with Crippen molar-refractivity contribution in [2.75, 3.05) is 18.4 Å². The molecule has 1 amide bonds. The van der Waals surface area contributed by atoms with Crippen molar-refractivity contribution in [3.8, 4) is 0 Å². The van der Waals surface area contributed by atoms with Crippen LogP contribution in [-0.4, -0.2) is 38.4 Å². The molecule has 0 bridgehead atoms. The van der Waals surface area contributed by atoms with Crippen LogP contribution in [-0.2, 0) is 14.8 Å². The third-order valence-corrected chi connectivity index (χ3v) is 4.38. The first-order valence-electron chi connectivity index (χ1n) is 6.51. The van der Waals surface area contributed by atoms with Crippen molar-refractivity contribution < 1.29 is 13.2 Å². The Morgan fingerprint density at radius 2 is 2.00 bits per heavy atom. The van der Waals surface area contributed by atoms with Gasteiger partial charge in [0, 0.05) is 31.7 Å². The number of carbonyl (C=O) groups excluding carboxylic acids is 1. The average molecular weight is 297 g/mol. The lowest BCUT2D eigenvalue weighted by Gasteiger charge is -2.32. The van der Waals surface area contributed by atoms with E-state index in [0.29, 0.717) is 0 Å². The molecule has 0 unspecified atom stereocenters. The molecular weight excluding hydrogens is 278 g/mol. The molecule has 20 heavy (non-hydrogen) atoms. The highest BCUT2D eigenvalue weighted by atomic mass is 32.2. The number of primary sulfonamides is 1. The van der Waals surface area contributed by atoms with E-state index in [-0.39, 0.29) is 16.8 Å². The molecule has 1 fully saturated rings. The Bertz CT molecular complexity index is 593. The molecule has 110 valence electrons. The monoisotopic (exact) mass is 297 g/mol. The highest BCUT2D eigenvalue weighted by molar-refractivity contribution is 7.89. The second kappa shape index (κ2) is 5.80. The minimum absolute atomic E-state index is 0.0969. The Balaban J connectivity index is 2.00. The Morgan fingerprint density at radius 1 is 1.35 bits per heavy atom. The Labute approximate surface area is 119 Å². The van der Waals surface area contributed by atoms with Crippen LogP contribution in [0.2, 0.25) is 0 Å². The number of benzene rings is 1. The van der Waals surface area contributed by atoms with E-state index in [9.17, 15) is 13.2 Å². The highest BCUT2D eigenvalue weighted by Gasteiger charge is 2.20. The molecule has 6 nitrogen and oxygen atoms in total. The summed E-state index contributed by atoms with van der Waals surface area (Å²) in [6, 6.07) is 6.71. The molecule has 0 spiro atoms. The molecule has 0 aromatic heterocycles. The maximum absolute atomic E-state index is 11.3. The third-order valence-electron chi connectivity index (χ3n) is 3.47. The summed E-state index contributed by atoms with van der Waals surface area (Å²) in [7, 11) is -3.68. The summed E-state index contributed by atoms with van der Waals surface area (Å²) in [5, 5.41) is 8.41. The lowest BCUT2D eigenvalue weighted by atomic mass is 10.0. The van der Waals surface area contributed by atoms with Crippen molar-refractivity contribution in [3.63, 3.8) is 0 Å². The van der Waals surface area contributed by atoms with E-state index >= 15 is 0 Å². The third kappa shape index (κ3) is 3.71. The van der Waals surface area contributed by atoms with Crippen molar-refractivity contribution in [2.24, 2.45) is 5.14 Å². The second-order valence-corrected chi connectivity index (χ2v) is 6.56. The lowest BCUT2D eigenvalue weighted by Crippen LogP contribution is -2.41. The van der Waals surface area contributed by atoms with Gasteiger partial charge >= 0.3 is 0 Å².